The number of nitrogens with zero attached hydrogens (tertiary/aromatic N) is 3. The Morgan fingerprint density at radius 1 is 1.00 bits per heavy atom. The highest BCUT2D eigenvalue weighted by molar-refractivity contribution is 5.91. The molecule has 2 aromatic carbocycles. The van der Waals surface area contributed by atoms with Crippen molar-refractivity contribution in [3.8, 4) is 0 Å². The number of aliphatic hydroxyl groups is 2. The van der Waals surface area contributed by atoms with Crippen molar-refractivity contribution in [1.29, 1.82) is 0 Å². The number of hydrogen-bond donors (Lipinski definition) is 2. The van der Waals surface area contributed by atoms with E-state index in [0.717, 1.165) is 37.3 Å². The van der Waals surface area contributed by atoms with Gasteiger partial charge in [0.05, 0.1) is 18.2 Å². The molecule has 0 spiro atoms. The lowest BCUT2D eigenvalue weighted by Crippen LogP contribution is -2.58. The fourth-order valence-corrected chi connectivity index (χ4v) is 5.27. The van der Waals surface area contributed by atoms with Gasteiger partial charge in [0.1, 0.15) is 12.0 Å². The number of rotatable bonds is 7. The van der Waals surface area contributed by atoms with Crippen molar-refractivity contribution in [2.75, 3.05) is 39.8 Å². The van der Waals surface area contributed by atoms with Crippen LogP contribution in [0.3, 0.4) is 0 Å². The fraction of sp³-hybridized carbons (Fsp3) is 0.464. The lowest BCUT2D eigenvalue weighted by molar-refractivity contribution is -0.143. The summed E-state index contributed by atoms with van der Waals surface area (Å²) in [6.45, 7) is 7.61. The first-order valence-electron chi connectivity index (χ1n) is 12.5. The van der Waals surface area contributed by atoms with Crippen LogP contribution >= 0.6 is 0 Å². The molecule has 0 aromatic heterocycles. The second kappa shape index (κ2) is 11.4. The van der Waals surface area contributed by atoms with Crippen molar-refractivity contribution in [3.05, 3.63) is 83.1 Å². The first-order chi connectivity index (χ1) is 16.9. The van der Waals surface area contributed by atoms with Gasteiger partial charge in [-0.05, 0) is 32.0 Å². The second-order valence-electron chi connectivity index (χ2n) is 9.47. The van der Waals surface area contributed by atoms with Crippen molar-refractivity contribution in [2.24, 2.45) is 0 Å². The average Bonchev–Trinajstić information content (AvgIpc) is 2.88. The van der Waals surface area contributed by atoms with Crippen LogP contribution in [0.25, 0.3) is 0 Å². The maximum Gasteiger partial charge on any atom is 0.339 e. The average molecular weight is 480 g/mol. The van der Waals surface area contributed by atoms with E-state index in [2.05, 4.69) is 16.8 Å². The summed E-state index contributed by atoms with van der Waals surface area (Å²) < 4.78 is 5.38. The van der Waals surface area contributed by atoms with Crippen LogP contribution in [-0.4, -0.2) is 83.0 Å². The molecule has 2 aromatic rings. The molecule has 0 bridgehead atoms. The number of esters is 1. The van der Waals surface area contributed by atoms with Crippen LogP contribution in [0.1, 0.15) is 43.5 Å². The van der Waals surface area contributed by atoms with Gasteiger partial charge in [-0.1, -0.05) is 60.7 Å². The van der Waals surface area contributed by atoms with Gasteiger partial charge in [-0.3, -0.25) is 9.80 Å². The molecule has 0 radical (unpaired) electrons. The summed E-state index contributed by atoms with van der Waals surface area (Å²) in [7, 11) is 2.11. The third-order valence-corrected chi connectivity index (χ3v) is 7.27. The first-order valence-corrected chi connectivity index (χ1v) is 12.5. The van der Waals surface area contributed by atoms with Crippen LogP contribution in [0, 0.1) is 0 Å². The molecular weight excluding hydrogens is 442 g/mol. The molecule has 0 amide bonds. The van der Waals surface area contributed by atoms with Crippen LogP contribution in [0.4, 0.5) is 0 Å². The summed E-state index contributed by atoms with van der Waals surface area (Å²) in [4.78, 5) is 19.7. The van der Waals surface area contributed by atoms with Crippen LogP contribution in [0.2, 0.25) is 0 Å². The molecule has 1 saturated heterocycles. The highest BCUT2D eigenvalue weighted by Crippen LogP contribution is 2.46. The number of carbonyl (C=O) groups is 1. The van der Waals surface area contributed by atoms with E-state index in [-0.39, 0.29) is 36.4 Å². The van der Waals surface area contributed by atoms with Crippen molar-refractivity contribution in [3.63, 3.8) is 0 Å². The highest BCUT2D eigenvalue weighted by Gasteiger charge is 2.46. The summed E-state index contributed by atoms with van der Waals surface area (Å²) in [5.74, 6) is -0.531. The molecule has 7 nitrogen and oxygen atoms in total. The molecule has 4 unspecified atom stereocenters. The van der Waals surface area contributed by atoms with Gasteiger partial charge in [0, 0.05) is 44.7 Å². The SMILES string of the molecule is CCOC(=O)C1=C(O)CC(c2ccccc2)N(C(O)C(C)N2CCN(C)CC2)C1c1ccccc1. The maximum atomic E-state index is 13.1. The van der Waals surface area contributed by atoms with Crippen molar-refractivity contribution < 1.29 is 19.7 Å². The van der Waals surface area contributed by atoms with Gasteiger partial charge in [0.15, 0.2) is 0 Å². The normalized spacial score (nSPS) is 24.2. The second-order valence-corrected chi connectivity index (χ2v) is 9.47. The topological polar surface area (TPSA) is 76.5 Å². The zero-order chi connectivity index (χ0) is 24.9. The van der Waals surface area contributed by atoms with Crippen LogP contribution in [0.15, 0.2) is 72.0 Å². The molecule has 0 aliphatic carbocycles. The number of hydrogen-bond acceptors (Lipinski definition) is 7. The molecule has 0 saturated carbocycles. The fourth-order valence-electron chi connectivity index (χ4n) is 5.27. The standard InChI is InChI=1S/C28H37N3O4/c1-4-35-28(34)25-24(32)19-23(21-11-7-5-8-12-21)31(26(25)22-13-9-6-10-14-22)27(33)20(2)30-17-15-29(3)16-18-30/h5-14,20,23,26-27,32-33H,4,15-19H2,1-3H3. The molecule has 35 heavy (non-hydrogen) atoms. The highest BCUT2D eigenvalue weighted by atomic mass is 16.5. The predicted molar refractivity (Wildman–Crippen MR) is 136 cm³/mol. The first kappa shape index (κ1) is 25.4. The van der Waals surface area contributed by atoms with Gasteiger partial charge in [-0.2, -0.15) is 0 Å². The van der Waals surface area contributed by atoms with E-state index in [1.54, 1.807) is 6.92 Å². The van der Waals surface area contributed by atoms with Crippen molar-refractivity contribution in [1.82, 2.24) is 14.7 Å². The van der Waals surface area contributed by atoms with Crippen LogP contribution in [0.5, 0.6) is 0 Å². The molecule has 188 valence electrons. The molecule has 2 aliphatic heterocycles. The van der Waals surface area contributed by atoms with E-state index in [1.165, 1.54) is 0 Å². The summed E-state index contributed by atoms with van der Waals surface area (Å²) >= 11 is 0. The largest absolute Gasteiger partial charge is 0.512 e. The molecule has 1 fully saturated rings. The Kier molecular flexibility index (Phi) is 8.23. The quantitative estimate of drug-likeness (QED) is 0.589. The summed E-state index contributed by atoms with van der Waals surface area (Å²) in [5.41, 5.74) is 2.01. The molecule has 2 aliphatic rings. The Balaban J connectivity index is 1.81. The summed E-state index contributed by atoms with van der Waals surface area (Å²) in [6, 6.07) is 18.4. The number of carbonyl (C=O) groups excluding carboxylic acids is 1. The van der Waals surface area contributed by atoms with E-state index < -0.39 is 18.2 Å². The molecule has 2 N–H and O–H groups in total. The molecule has 2 heterocycles. The molecule has 4 atom stereocenters. The Morgan fingerprint density at radius 2 is 1.57 bits per heavy atom. The number of ether oxygens (including phenoxy) is 1. The zero-order valence-electron chi connectivity index (χ0n) is 20.9. The number of benzene rings is 2. The Bertz CT molecular complexity index is 1010. The molecule has 7 heteroatoms. The number of piperazine rings is 1. The van der Waals surface area contributed by atoms with Crippen molar-refractivity contribution >= 4 is 5.97 Å². The number of likely N-dealkylation sites (N-methyl/N-ethyl adjacent to an activating group) is 1. The van der Waals surface area contributed by atoms with E-state index in [1.807, 2.05) is 72.5 Å². The van der Waals surface area contributed by atoms with Crippen molar-refractivity contribution in [2.45, 2.75) is 44.6 Å². The Hall–Kier alpha value is -2.71. The van der Waals surface area contributed by atoms with Gasteiger partial charge in [-0.25, -0.2) is 4.79 Å². The van der Waals surface area contributed by atoms with E-state index in [9.17, 15) is 15.0 Å². The Labute approximate surface area is 208 Å². The van der Waals surface area contributed by atoms with E-state index in [4.69, 9.17) is 4.74 Å². The van der Waals surface area contributed by atoms with Gasteiger partial charge < -0.3 is 19.8 Å². The van der Waals surface area contributed by atoms with Gasteiger partial charge >= 0.3 is 5.97 Å². The minimum Gasteiger partial charge on any atom is -0.512 e. The van der Waals surface area contributed by atoms with E-state index >= 15 is 0 Å². The zero-order valence-corrected chi connectivity index (χ0v) is 20.9. The smallest absolute Gasteiger partial charge is 0.339 e. The molecule has 4 rings (SSSR count). The van der Waals surface area contributed by atoms with E-state index in [0.29, 0.717) is 0 Å². The summed E-state index contributed by atoms with van der Waals surface area (Å²) in [5, 5.41) is 23.2. The van der Waals surface area contributed by atoms with Crippen LogP contribution < -0.4 is 0 Å². The lowest BCUT2D eigenvalue weighted by atomic mass is 9.85. The van der Waals surface area contributed by atoms with Gasteiger partial charge in [0.2, 0.25) is 0 Å². The van der Waals surface area contributed by atoms with Gasteiger partial charge in [-0.15, -0.1) is 0 Å². The minimum atomic E-state index is -0.883. The van der Waals surface area contributed by atoms with Gasteiger partial charge in [0.25, 0.3) is 0 Å². The monoisotopic (exact) mass is 479 g/mol. The molecular formula is C28H37N3O4. The lowest BCUT2D eigenvalue weighted by Gasteiger charge is -2.49. The Morgan fingerprint density at radius 3 is 2.14 bits per heavy atom. The minimum absolute atomic E-state index is 0.0156. The summed E-state index contributed by atoms with van der Waals surface area (Å²) in [6.07, 6.45) is -0.667. The third-order valence-electron chi connectivity index (χ3n) is 7.27. The third kappa shape index (κ3) is 5.43. The number of aliphatic hydroxyl groups excluding tert-OH is 2. The maximum absolute atomic E-state index is 13.1. The van der Waals surface area contributed by atoms with Crippen LogP contribution in [-0.2, 0) is 9.53 Å². The predicted octanol–water partition coefficient (Wildman–Crippen LogP) is 3.50.